The van der Waals surface area contributed by atoms with Gasteiger partial charge in [0.1, 0.15) is 0 Å². The second-order valence-corrected chi connectivity index (χ2v) is 3.88. The van der Waals surface area contributed by atoms with E-state index in [1.807, 2.05) is 19.5 Å². The molecule has 0 N–H and O–H groups in total. The lowest BCUT2D eigenvalue weighted by Gasteiger charge is -2.09. The van der Waals surface area contributed by atoms with Crippen LogP contribution in [-0.2, 0) is 7.05 Å². The first-order valence-corrected chi connectivity index (χ1v) is 4.01. The molecule has 1 aromatic rings. The molecule has 1 heterocycles. The Morgan fingerprint density at radius 2 is 2.17 bits per heavy atom. The Kier molecular flexibility index (Phi) is 2.31. The van der Waals surface area contributed by atoms with Crippen molar-refractivity contribution in [1.82, 2.24) is 9.78 Å². The molecule has 1 rings (SSSR count). The van der Waals surface area contributed by atoms with Crippen molar-refractivity contribution in [3.8, 4) is 0 Å². The standard InChI is InChI=1S/C9H15N3/c1-9(2,3)10-5-8-6-11-12(4)7-8/h5-7H,1-4H3. The Hall–Kier alpha value is -1.12. The zero-order valence-corrected chi connectivity index (χ0v) is 8.07. The largest absolute Gasteiger partial charge is 0.287 e. The van der Waals surface area contributed by atoms with Crippen LogP contribution < -0.4 is 0 Å². The fraction of sp³-hybridized carbons (Fsp3) is 0.556. The molecular weight excluding hydrogens is 150 g/mol. The molecule has 0 aliphatic carbocycles. The first-order valence-electron chi connectivity index (χ1n) is 4.01. The van der Waals surface area contributed by atoms with Crippen molar-refractivity contribution < 1.29 is 0 Å². The third-order valence-electron chi connectivity index (χ3n) is 1.33. The van der Waals surface area contributed by atoms with Crippen molar-refractivity contribution in [3.63, 3.8) is 0 Å². The van der Waals surface area contributed by atoms with E-state index in [-0.39, 0.29) is 5.54 Å². The number of aryl methyl sites for hydroxylation is 1. The van der Waals surface area contributed by atoms with Gasteiger partial charge in [-0.1, -0.05) is 0 Å². The molecule has 0 saturated carbocycles. The quantitative estimate of drug-likeness (QED) is 0.582. The highest BCUT2D eigenvalue weighted by Crippen LogP contribution is 2.05. The third kappa shape index (κ3) is 2.86. The SMILES string of the molecule is Cn1cc(C=NC(C)(C)C)cn1. The van der Waals surface area contributed by atoms with Crippen molar-refractivity contribution in [2.45, 2.75) is 26.3 Å². The zero-order valence-electron chi connectivity index (χ0n) is 8.07. The van der Waals surface area contributed by atoms with Crippen LogP contribution in [0.5, 0.6) is 0 Å². The van der Waals surface area contributed by atoms with Gasteiger partial charge in [0.15, 0.2) is 0 Å². The van der Waals surface area contributed by atoms with Crippen LogP contribution in [0, 0.1) is 0 Å². The third-order valence-corrected chi connectivity index (χ3v) is 1.33. The Morgan fingerprint density at radius 1 is 1.50 bits per heavy atom. The number of aromatic nitrogens is 2. The van der Waals surface area contributed by atoms with Crippen LogP contribution in [0.3, 0.4) is 0 Å². The van der Waals surface area contributed by atoms with E-state index < -0.39 is 0 Å². The van der Waals surface area contributed by atoms with E-state index >= 15 is 0 Å². The maximum absolute atomic E-state index is 4.36. The molecule has 3 heteroatoms. The van der Waals surface area contributed by atoms with E-state index in [0.717, 1.165) is 5.56 Å². The maximum Gasteiger partial charge on any atom is 0.0577 e. The Balaban J connectivity index is 2.70. The van der Waals surface area contributed by atoms with Crippen molar-refractivity contribution in [2.24, 2.45) is 12.0 Å². The molecule has 0 amide bonds. The molecule has 0 spiro atoms. The summed E-state index contributed by atoms with van der Waals surface area (Å²) in [7, 11) is 1.90. The highest BCUT2D eigenvalue weighted by Gasteiger charge is 2.04. The van der Waals surface area contributed by atoms with Gasteiger partial charge in [0, 0.05) is 25.0 Å². The first-order chi connectivity index (χ1) is 5.47. The fourth-order valence-corrected chi connectivity index (χ4v) is 0.775. The predicted octanol–water partition coefficient (Wildman–Crippen LogP) is 1.64. The van der Waals surface area contributed by atoms with Crippen molar-refractivity contribution >= 4 is 6.21 Å². The van der Waals surface area contributed by atoms with Crippen LogP contribution in [0.4, 0.5) is 0 Å². The van der Waals surface area contributed by atoms with E-state index in [2.05, 4.69) is 30.9 Å². The maximum atomic E-state index is 4.36. The van der Waals surface area contributed by atoms with Crippen LogP contribution in [0.25, 0.3) is 0 Å². The Morgan fingerprint density at radius 3 is 2.58 bits per heavy atom. The number of aliphatic imine (C=N–C) groups is 1. The summed E-state index contributed by atoms with van der Waals surface area (Å²) in [6, 6.07) is 0. The van der Waals surface area contributed by atoms with E-state index in [0.29, 0.717) is 0 Å². The van der Waals surface area contributed by atoms with E-state index in [9.17, 15) is 0 Å². The van der Waals surface area contributed by atoms with E-state index in [1.54, 1.807) is 10.9 Å². The predicted molar refractivity (Wildman–Crippen MR) is 50.6 cm³/mol. The smallest absolute Gasteiger partial charge is 0.0577 e. The van der Waals surface area contributed by atoms with Crippen LogP contribution in [0.2, 0.25) is 0 Å². The molecule has 0 saturated heterocycles. The number of hydrogen-bond donors (Lipinski definition) is 0. The topological polar surface area (TPSA) is 30.2 Å². The highest BCUT2D eigenvalue weighted by atomic mass is 15.2. The van der Waals surface area contributed by atoms with Crippen LogP contribution in [0.1, 0.15) is 26.3 Å². The summed E-state index contributed by atoms with van der Waals surface area (Å²) in [6.07, 6.45) is 5.59. The van der Waals surface area contributed by atoms with Gasteiger partial charge in [-0.05, 0) is 20.8 Å². The van der Waals surface area contributed by atoms with E-state index in [1.165, 1.54) is 0 Å². The molecule has 12 heavy (non-hydrogen) atoms. The molecule has 0 aliphatic rings. The zero-order chi connectivity index (χ0) is 9.19. The van der Waals surface area contributed by atoms with E-state index in [4.69, 9.17) is 0 Å². The van der Waals surface area contributed by atoms with Gasteiger partial charge in [0.2, 0.25) is 0 Å². The molecular formula is C9H15N3. The average molecular weight is 165 g/mol. The van der Waals surface area contributed by atoms with Crippen LogP contribution in [-0.4, -0.2) is 21.5 Å². The molecule has 1 aromatic heterocycles. The monoisotopic (exact) mass is 165 g/mol. The fourth-order valence-electron chi connectivity index (χ4n) is 0.775. The molecule has 66 valence electrons. The normalized spacial score (nSPS) is 12.7. The lowest BCUT2D eigenvalue weighted by atomic mass is 10.1. The van der Waals surface area contributed by atoms with Gasteiger partial charge in [0.05, 0.1) is 11.7 Å². The van der Waals surface area contributed by atoms with Gasteiger partial charge in [-0.3, -0.25) is 9.67 Å². The second-order valence-electron chi connectivity index (χ2n) is 3.88. The van der Waals surface area contributed by atoms with Gasteiger partial charge in [-0.15, -0.1) is 0 Å². The lowest BCUT2D eigenvalue weighted by Crippen LogP contribution is -2.09. The first kappa shape index (κ1) is 8.97. The average Bonchev–Trinajstić information content (AvgIpc) is 2.30. The molecule has 0 unspecified atom stereocenters. The number of hydrogen-bond acceptors (Lipinski definition) is 2. The van der Waals surface area contributed by atoms with Crippen molar-refractivity contribution in [2.75, 3.05) is 0 Å². The van der Waals surface area contributed by atoms with Crippen molar-refractivity contribution in [3.05, 3.63) is 18.0 Å². The lowest BCUT2D eigenvalue weighted by molar-refractivity contribution is 0.586. The summed E-state index contributed by atoms with van der Waals surface area (Å²) in [6.45, 7) is 6.21. The summed E-state index contributed by atoms with van der Waals surface area (Å²) < 4.78 is 1.77. The van der Waals surface area contributed by atoms with Gasteiger partial charge in [-0.25, -0.2) is 0 Å². The van der Waals surface area contributed by atoms with Gasteiger partial charge in [-0.2, -0.15) is 5.10 Å². The summed E-state index contributed by atoms with van der Waals surface area (Å²) in [5.41, 5.74) is 1.04. The molecule has 0 fully saturated rings. The minimum Gasteiger partial charge on any atom is -0.287 e. The summed E-state index contributed by atoms with van der Waals surface area (Å²) in [5, 5.41) is 4.04. The Labute approximate surface area is 73.1 Å². The molecule has 0 bridgehead atoms. The molecule has 0 aromatic carbocycles. The minimum atomic E-state index is -0.00413. The summed E-state index contributed by atoms with van der Waals surface area (Å²) in [5.74, 6) is 0. The van der Waals surface area contributed by atoms with Gasteiger partial charge >= 0.3 is 0 Å². The summed E-state index contributed by atoms with van der Waals surface area (Å²) >= 11 is 0. The highest BCUT2D eigenvalue weighted by molar-refractivity contribution is 5.78. The van der Waals surface area contributed by atoms with Crippen LogP contribution >= 0.6 is 0 Å². The summed E-state index contributed by atoms with van der Waals surface area (Å²) in [4.78, 5) is 4.36. The number of nitrogens with zero attached hydrogens (tertiary/aromatic N) is 3. The minimum absolute atomic E-state index is 0.00413. The number of rotatable bonds is 1. The van der Waals surface area contributed by atoms with Crippen LogP contribution in [0.15, 0.2) is 17.4 Å². The Bertz CT molecular complexity index is 278. The second kappa shape index (κ2) is 3.09. The molecule has 0 atom stereocenters. The molecule has 0 aliphatic heterocycles. The van der Waals surface area contributed by atoms with Gasteiger partial charge in [0.25, 0.3) is 0 Å². The van der Waals surface area contributed by atoms with Gasteiger partial charge < -0.3 is 0 Å². The molecule has 0 radical (unpaired) electrons. The molecule has 3 nitrogen and oxygen atoms in total. The van der Waals surface area contributed by atoms with Crippen molar-refractivity contribution in [1.29, 1.82) is 0 Å².